The van der Waals surface area contributed by atoms with Crippen LogP contribution < -0.4 is 18.9 Å². The minimum Gasteiger partial charge on any atom is -0.496 e. The molecule has 220 valence electrons. The van der Waals surface area contributed by atoms with Crippen LogP contribution >= 0.6 is 0 Å². The summed E-state index contributed by atoms with van der Waals surface area (Å²) in [6.07, 6.45) is 2.34. The Morgan fingerprint density at radius 2 is 1.67 bits per heavy atom. The molecule has 5 rings (SSSR count). The van der Waals surface area contributed by atoms with E-state index in [9.17, 15) is 9.59 Å². The summed E-state index contributed by atoms with van der Waals surface area (Å²) in [5.74, 6) is 1.96. The number of hydrogen-bond donors (Lipinski definition) is 0. The number of aryl methyl sites for hydroxylation is 1. The van der Waals surface area contributed by atoms with Gasteiger partial charge < -0.3 is 28.1 Å². The highest BCUT2D eigenvalue weighted by Gasteiger charge is 2.19. The number of methoxy groups -OCH3 is 3. The molecule has 5 aromatic rings. The summed E-state index contributed by atoms with van der Waals surface area (Å²) in [6.45, 7) is 2.05. The van der Waals surface area contributed by atoms with Gasteiger partial charge in [-0.15, -0.1) is 5.10 Å². The second-order valence-electron chi connectivity index (χ2n) is 9.28. The molecule has 2 aromatic heterocycles. The van der Waals surface area contributed by atoms with Crippen molar-refractivity contribution >= 4 is 12.3 Å². The highest BCUT2D eigenvalue weighted by Crippen LogP contribution is 2.32. The molecule has 0 aliphatic rings. The Hall–Kier alpha value is -5.58. The number of carbonyl (C=O) groups excluding carboxylic acids is 2. The molecule has 0 radical (unpaired) electrons. The first-order chi connectivity index (χ1) is 20.9. The van der Waals surface area contributed by atoms with Crippen LogP contribution in [0.15, 0.2) is 77.3 Å². The van der Waals surface area contributed by atoms with Crippen LogP contribution in [0, 0.1) is 6.92 Å². The first-order valence-electron chi connectivity index (χ1n) is 13.2. The molecule has 0 aliphatic heterocycles. The molecular weight excluding hydrogens is 554 g/mol. The van der Waals surface area contributed by atoms with Gasteiger partial charge in [0.2, 0.25) is 11.8 Å². The standard InChI is InChI=1S/C32H29N3O8/c1-20-26(33-30(43-20)22-11-13-27(38-2)25(15-22)32(37)40-4)19-41-28-12-10-21(14-29(28)39-3)18-42-31-23(17-36)16-35(34-31)24-8-6-5-7-9-24/h5-17H,18-19H2,1-4H3. The lowest BCUT2D eigenvalue weighted by atomic mass is 10.1. The van der Waals surface area contributed by atoms with Crippen molar-refractivity contribution in [3.05, 3.63) is 101 Å². The number of rotatable bonds is 12. The predicted octanol–water partition coefficient (Wildman–Crippen LogP) is 5.61. The number of esters is 1. The van der Waals surface area contributed by atoms with Crippen LogP contribution in [0.2, 0.25) is 0 Å². The van der Waals surface area contributed by atoms with Gasteiger partial charge in [-0.2, -0.15) is 0 Å². The Morgan fingerprint density at radius 1 is 0.907 bits per heavy atom. The van der Waals surface area contributed by atoms with Crippen LogP contribution in [0.25, 0.3) is 17.1 Å². The number of oxazole rings is 1. The quantitative estimate of drug-likeness (QED) is 0.135. The van der Waals surface area contributed by atoms with E-state index in [0.29, 0.717) is 52.0 Å². The summed E-state index contributed by atoms with van der Waals surface area (Å²) in [6, 6.07) is 19.8. The number of para-hydroxylation sites is 1. The van der Waals surface area contributed by atoms with E-state index < -0.39 is 5.97 Å². The van der Waals surface area contributed by atoms with E-state index in [1.807, 2.05) is 36.4 Å². The van der Waals surface area contributed by atoms with Gasteiger partial charge in [0, 0.05) is 11.8 Å². The Labute approximate surface area is 247 Å². The third-order valence-corrected chi connectivity index (χ3v) is 6.57. The Morgan fingerprint density at radius 3 is 2.40 bits per heavy atom. The molecule has 2 heterocycles. The smallest absolute Gasteiger partial charge is 0.341 e. The molecule has 0 spiro atoms. The molecule has 0 unspecified atom stereocenters. The number of nitrogens with zero attached hydrogens (tertiary/aromatic N) is 3. The molecule has 0 aliphatic carbocycles. The molecule has 0 saturated heterocycles. The zero-order valence-electron chi connectivity index (χ0n) is 24.0. The van der Waals surface area contributed by atoms with Crippen molar-refractivity contribution < 1.29 is 37.7 Å². The normalized spacial score (nSPS) is 10.7. The first kappa shape index (κ1) is 28.9. The van der Waals surface area contributed by atoms with E-state index in [1.165, 1.54) is 14.2 Å². The Kier molecular flexibility index (Phi) is 8.71. The highest BCUT2D eigenvalue weighted by molar-refractivity contribution is 5.93. The van der Waals surface area contributed by atoms with E-state index in [0.717, 1.165) is 11.3 Å². The predicted molar refractivity (Wildman–Crippen MR) is 155 cm³/mol. The average Bonchev–Trinajstić information content (AvgIpc) is 3.65. The van der Waals surface area contributed by atoms with Crippen LogP contribution in [-0.4, -0.2) is 48.3 Å². The molecule has 11 heteroatoms. The fourth-order valence-electron chi connectivity index (χ4n) is 4.29. The van der Waals surface area contributed by atoms with Crippen LogP contribution in [0.4, 0.5) is 0 Å². The fraction of sp³-hybridized carbons (Fsp3) is 0.188. The molecule has 0 N–H and O–H groups in total. The van der Waals surface area contributed by atoms with Crippen molar-refractivity contribution in [1.82, 2.24) is 14.8 Å². The molecule has 0 saturated carbocycles. The third-order valence-electron chi connectivity index (χ3n) is 6.57. The number of carbonyl (C=O) groups is 2. The van der Waals surface area contributed by atoms with Crippen molar-refractivity contribution in [1.29, 1.82) is 0 Å². The maximum Gasteiger partial charge on any atom is 0.341 e. The Balaban J connectivity index is 1.27. The maximum atomic E-state index is 12.2. The van der Waals surface area contributed by atoms with Crippen molar-refractivity contribution in [3.63, 3.8) is 0 Å². The summed E-state index contributed by atoms with van der Waals surface area (Å²) in [5.41, 5.74) is 3.37. The number of benzene rings is 3. The zero-order valence-corrected chi connectivity index (χ0v) is 24.0. The minimum atomic E-state index is -0.530. The van der Waals surface area contributed by atoms with E-state index in [2.05, 4.69) is 10.1 Å². The maximum absolute atomic E-state index is 12.2. The van der Waals surface area contributed by atoms with Gasteiger partial charge in [-0.05, 0) is 55.0 Å². The fourth-order valence-corrected chi connectivity index (χ4v) is 4.29. The molecule has 11 nitrogen and oxygen atoms in total. The minimum absolute atomic E-state index is 0.112. The van der Waals surface area contributed by atoms with E-state index in [4.69, 9.17) is 28.1 Å². The molecule has 3 aromatic carbocycles. The number of aromatic nitrogens is 3. The van der Waals surface area contributed by atoms with Gasteiger partial charge in [-0.25, -0.2) is 14.5 Å². The van der Waals surface area contributed by atoms with Gasteiger partial charge in [-0.1, -0.05) is 24.3 Å². The third kappa shape index (κ3) is 6.35. The summed E-state index contributed by atoms with van der Waals surface area (Å²) < 4.78 is 35.0. The molecule has 43 heavy (non-hydrogen) atoms. The van der Waals surface area contributed by atoms with Gasteiger partial charge >= 0.3 is 5.97 Å². The summed E-state index contributed by atoms with van der Waals surface area (Å²) in [7, 11) is 4.32. The zero-order chi connectivity index (χ0) is 30.3. The first-order valence-corrected chi connectivity index (χ1v) is 13.2. The van der Waals surface area contributed by atoms with Crippen molar-refractivity contribution in [2.24, 2.45) is 0 Å². The van der Waals surface area contributed by atoms with E-state index in [1.54, 1.807) is 55.2 Å². The Bertz CT molecular complexity index is 1740. The lowest BCUT2D eigenvalue weighted by Gasteiger charge is -2.12. The molecule has 0 atom stereocenters. The second-order valence-corrected chi connectivity index (χ2v) is 9.28. The molecule has 0 fully saturated rings. The summed E-state index contributed by atoms with van der Waals surface area (Å²) in [5, 5.41) is 4.41. The molecular formula is C32H29N3O8. The largest absolute Gasteiger partial charge is 0.496 e. The van der Waals surface area contributed by atoms with Gasteiger partial charge in [0.25, 0.3) is 0 Å². The molecule has 0 amide bonds. The van der Waals surface area contributed by atoms with E-state index in [-0.39, 0.29) is 24.7 Å². The second kappa shape index (κ2) is 12.9. The average molecular weight is 584 g/mol. The van der Waals surface area contributed by atoms with Gasteiger partial charge in [0.05, 0.1) is 32.6 Å². The van der Waals surface area contributed by atoms with E-state index >= 15 is 0 Å². The van der Waals surface area contributed by atoms with Gasteiger partial charge in [0.1, 0.15) is 36.0 Å². The van der Waals surface area contributed by atoms with Crippen molar-refractivity contribution in [3.8, 4) is 40.3 Å². The monoisotopic (exact) mass is 583 g/mol. The highest BCUT2D eigenvalue weighted by atomic mass is 16.5. The van der Waals surface area contributed by atoms with Crippen LogP contribution in [0.1, 0.15) is 37.7 Å². The van der Waals surface area contributed by atoms with Crippen molar-refractivity contribution in [2.45, 2.75) is 20.1 Å². The van der Waals surface area contributed by atoms with Crippen LogP contribution in [0.5, 0.6) is 23.1 Å². The van der Waals surface area contributed by atoms with Crippen LogP contribution in [-0.2, 0) is 18.0 Å². The van der Waals surface area contributed by atoms with Crippen molar-refractivity contribution in [2.75, 3.05) is 21.3 Å². The number of ether oxygens (including phenoxy) is 5. The van der Waals surface area contributed by atoms with Crippen LogP contribution in [0.3, 0.4) is 0 Å². The lowest BCUT2D eigenvalue weighted by Crippen LogP contribution is -2.04. The topological polar surface area (TPSA) is 124 Å². The van der Waals surface area contributed by atoms with Gasteiger partial charge in [-0.3, -0.25) is 4.79 Å². The molecule has 0 bridgehead atoms. The number of aldehydes is 1. The number of hydrogen-bond acceptors (Lipinski definition) is 10. The summed E-state index contributed by atoms with van der Waals surface area (Å²) >= 11 is 0. The summed E-state index contributed by atoms with van der Waals surface area (Å²) in [4.78, 5) is 28.3. The van der Waals surface area contributed by atoms with Gasteiger partial charge in [0.15, 0.2) is 17.8 Å². The SMILES string of the molecule is COC(=O)c1cc(-c2nc(COc3ccc(COc4nn(-c5ccccc5)cc4C=O)cc3OC)c(C)o2)ccc1OC. The lowest BCUT2D eigenvalue weighted by molar-refractivity contribution is 0.0597.